The third-order valence-corrected chi connectivity index (χ3v) is 5.45. The lowest BCUT2D eigenvalue weighted by molar-refractivity contribution is -0.137. The van der Waals surface area contributed by atoms with Crippen LogP contribution in [-0.4, -0.2) is 53.2 Å². The van der Waals surface area contributed by atoms with Crippen molar-refractivity contribution in [3.8, 4) is 11.4 Å². The first-order valence-corrected chi connectivity index (χ1v) is 9.73. The normalized spacial score (nSPS) is 12.0. The number of benzene rings is 2. The van der Waals surface area contributed by atoms with Gasteiger partial charge in [0.15, 0.2) is 5.82 Å². The monoisotopic (exact) mass is 484 g/mol. The SMILES string of the molecule is O=C(O)c1cc2c3nc(-c4ccccc4C(F)(F)F)nc3c3[nH]c(C(=O)O)cc(C(=O)O)c3c2[nH]1. The van der Waals surface area contributed by atoms with Crippen molar-refractivity contribution in [3.63, 3.8) is 0 Å². The lowest BCUT2D eigenvalue weighted by atomic mass is 10.0. The maximum absolute atomic E-state index is 13.6. The Bertz CT molecular complexity index is 1730. The third-order valence-electron chi connectivity index (χ3n) is 5.45. The van der Waals surface area contributed by atoms with Gasteiger partial charge in [-0.2, -0.15) is 13.2 Å². The van der Waals surface area contributed by atoms with Gasteiger partial charge in [0, 0.05) is 16.3 Å². The first kappa shape index (κ1) is 21.9. The van der Waals surface area contributed by atoms with E-state index in [0.29, 0.717) is 0 Å². The zero-order valence-corrected chi connectivity index (χ0v) is 17.1. The van der Waals surface area contributed by atoms with Crippen LogP contribution < -0.4 is 0 Å². The summed E-state index contributed by atoms with van der Waals surface area (Å²) >= 11 is 0. The van der Waals surface area contributed by atoms with Crippen LogP contribution in [0.3, 0.4) is 0 Å². The zero-order valence-electron chi connectivity index (χ0n) is 17.1. The molecule has 0 aliphatic heterocycles. The van der Waals surface area contributed by atoms with E-state index in [2.05, 4.69) is 19.9 Å². The van der Waals surface area contributed by atoms with E-state index in [1.165, 1.54) is 12.1 Å². The molecule has 2 aromatic carbocycles. The van der Waals surface area contributed by atoms with Gasteiger partial charge in [-0.25, -0.2) is 24.4 Å². The fourth-order valence-electron chi connectivity index (χ4n) is 4.01. The Labute approximate surface area is 190 Å². The molecule has 0 saturated carbocycles. The number of rotatable bonds is 4. The van der Waals surface area contributed by atoms with Crippen molar-refractivity contribution in [2.24, 2.45) is 0 Å². The second-order valence-corrected chi connectivity index (χ2v) is 7.52. The van der Waals surface area contributed by atoms with E-state index in [1.807, 2.05) is 0 Å². The Morgan fingerprint density at radius 1 is 0.800 bits per heavy atom. The molecule has 0 spiro atoms. The number of carbonyl (C=O) groups is 3. The van der Waals surface area contributed by atoms with Crippen LogP contribution in [0.4, 0.5) is 13.2 Å². The Morgan fingerprint density at radius 2 is 1.40 bits per heavy atom. The number of alkyl halides is 3. The number of hydrogen-bond acceptors (Lipinski definition) is 5. The molecule has 5 aromatic rings. The smallest absolute Gasteiger partial charge is 0.417 e. The number of halogens is 3. The molecule has 13 heteroatoms. The quantitative estimate of drug-likeness (QED) is 0.250. The van der Waals surface area contributed by atoms with Gasteiger partial charge in [0.05, 0.1) is 22.2 Å². The largest absolute Gasteiger partial charge is 0.478 e. The van der Waals surface area contributed by atoms with Crippen LogP contribution in [-0.2, 0) is 6.18 Å². The summed E-state index contributed by atoms with van der Waals surface area (Å²) in [4.78, 5) is 48.8. The molecule has 0 bridgehead atoms. The minimum Gasteiger partial charge on any atom is -0.478 e. The van der Waals surface area contributed by atoms with Crippen LogP contribution in [0, 0.1) is 0 Å². The van der Waals surface area contributed by atoms with E-state index in [4.69, 9.17) is 0 Å². The highest BCUT2D eigenvalue weighted by atomic mass is 19.4. The highest BCUT2D eigenvalue weighted by Gasteiger charge is 2.34. The summed E-state index contributed by atoms with van der Waals surface area (Å²) in [5.74, 6) is -4.75. The third kappa shape index (κ3) is 3.32. The van der Waals surface area contributed by atoms with E-state index in [9.17, 15) is 42.9 Å². The van der Waals surface area contributed by atoms with Crippen molar-refractivity contribution in [1.29, 1.82) is 0 Å². The number of carboxylic acids is 3. The standard InChI is InChI=1S/C22H11F3N4O6/c23-22(24,25)10-4-2-1-3-7(10)18-28-15-9-6-12(21(34)35)26-14(9)13-8(19(30)31)5-11(20(32)33)27-16(13)17(15)29-18/h1-6,26-27H,(H,30,31)(H,32,33)(H,34,35). The predicted molar refractivity (Wildman–Crippen MR) is 115 cm³/mol. The van der Waals surface area contributed by atoms with E-state index in [1.54, 1.807) is 0 Å². The topological polar surface area (TPSA) is 169 Å². The first-order valence-electron chi connectivity index (χ1n) is 9.73. The molecule has 35 heavy (non-hydrogen) atoms. The van der Waals surface area contributed by atoms with Crippen molar-refractivity contribution in [1.82, 2.24) is 19.9 Å². The number of aromatic carboxylic acids is 3. The van der Waals surface area contributed by atoms with Crippen molar-refractivity contribution < 1.29 is 42.9 Å². The van der Waals surface area contributed by atoms with Crippen molar-refractivity contribution >= 4 is 50.7 Å². The van der Waals surface area contributed by atoms with Crippen LogP contribution >= 0.6 is 0 Å². The van der Waals surface area contributed by atoms with Gasteiger partial charge in [-0.15, -0.1) is 0 Å². The number of H-pyrrole nitrogens is 2. The molecule has 5 rings (SSSR count). The molecule has 3 aromatic heterocycles. The number of fused-ring (bicyclic) bond motifs is 6. The van der Waals surface area contributed by atoms with Crippen LogP contribution in [0.1, 0.15) is 36.9 Å². The summed E-state index contributed by atoms with van der Waals surface area (Å²) in [5, 5.41) is 28.6. The Kier molecular flexibility index (Phi) is 4.55. The molecule has 0 atom stereocenters. The Morgan fingerprint density at radius 3 is 2.03 bits per heavy atom. The van der Waals surface area contributed by atoms with Crippen molar-refractivity contribution in [3.05, 3.63) is 58.9 Å². The zero-order chi connectivity index (χ0) is 25.2. The second-order valence-electron chi connectivity index (χ2n) is 7.52. The van der Waals surface area contributed by atoms with Gasteiger partial charge in [0.1, 0.15) is 22.4 Å². The molecule has 0 saturated heterocycles. The molecule has 0 aliphatic carbocycles. The van der Waals surface area contributed by atoms with Gasteiger partial charge in [0.2, 0.25) is 0 Å². The number of imidazole rings is 1. The predicted octanol–water partition coefficient (Wildman–Crippen LogP) is 4.37. The van der Waals surface area contributed by atoms with Crippen molar-refractivity contribution in [2.75, 3.05) is 0 Å². The van der Waals surface area contributed by atoms with E-state index < -0.39 is 40.9 Å². The molecular formula is C22H11F3N4O6. The number of aromatic nitrogens is 4. The van der Waals surface area contributed by atoms with Gasteiger partial charge in [0.25, 0.3) is 0 Å². The highest BCUT2D eigenvalue weighted by molar-refractivity contribution is 6.26. The van der Waals surface area contributed by atoms with E-state index in [0.717, 1.165) is 24.3 Å². The number of hydrogen-bond donors (Lipinski definition) is 5. The first-order chi connectivity index (χ1) is 16.5. The van der Waals surface area contributed by atoms with Gasteiger partial charge in [-0.3, -0.25) is 0 Å². The molecule has 5 N–H and O–H groups in total. The van der Waals surface area contributed by atoms with Gasteiger partial charge in [-0.05, 0) is 18.2 Å². The van der Waals surface area contributed by atoms with Crippen LogP contribution in [0.5, 0.6) is 0 Å². The minimum absolute atomic E-state index is 0.00829. The summed E-state index contributed by atoms with van der Waals surface area (Å²) in [6.45, 7) is 0. The number of nitrogens with one attached hydrogen (secondary N) is 2. The summed E-state index contributed by atoms with van der Waals surface area (Å²) in [6.07, 6.45) is -4.73. The molecule has 176 valence electrons. The van der Waals surface area contributed by atoms with E-state index in [-0.39, 0.29) is 49.9 Å². The summed E-state index contributed by atoms with van der Waals surface area (Å²) < 4.78 is 40.8. The lowest BCUT2D eigenvalue weighted by Crippen LogP contribution is -2.07. The molecule has 0 unspecified atom stereocenters. The fraction of sp³-hybridized carbons (Fsp3) is 0.0455. The molecule has 10 nitrogen and oxygen atoms in total. The molecular weight excluding hydrogens is 473 g/mol. The molecule has 3 heterocycles. The average molecular weight is 484 g/mol. The fourth-order valence-corrected chi connectivity index (χ4v) is 4.01. The minimum atomic E-state index is -4.73. The molecule has 0 aliphatic rings. The maximum Gasteiger partial charge on any atom is 0.417 e. The van der Waals surface area contributed by atoms with Crippen LogP contribution in [0.25, 0.3) is 44.2 Å². The van der Waals surface area contributed by atoms with Crippen molar-refractivity contribution in [2.45, 2.75) is 6.18 Å². The molecule has 0 radical (unpaired) electrons. The van der Waals surface area contributed by atoms with Crippen LogP contribution in [0.2, 0.25) is 0 Å². The Hall–Kier alpha value is -4.94. The highest BCUT2D eigenvalue weighted by Crippen LogP contribution is 2.40. The van der Waals surface area contributed by atoms with Crippen LogP contribution in [0.15, 0.2) is 36.4 Å². The number of aromatic amines is 2. The summed E-state index contributed by atoms with van der Waals surface area (Å²) in [6, 6.07) is 6.57. The maximum atomic E-state index is 13.6. The number of pyridine rings is 1. The summed E-state index contributed by atoms with van der Waals surface area (Å²) in [7, 11) is 0. The van der Waals surface area contributed by atoms with Gasteiger partial charge < -0.3 is 25.3 Å². The van der Waals surface area contributed by atoms with Gasteiger partial charge in [-0.1, -0.05) is 18.2 Å². The lowest BCUT2D eigenvalue weighted by Gasteiger charge is -2.10. The molecule has 0 amide bonds. The molecule has 0 fully saturated rings. The number of nitrogens with zero attached hydrogens (tertiary/aromatic N) is 2. The van der Waals surface area contributed by atoms with E-state index >= 15 is 0 Å². The average Bonchev–Trinajstić information content (AvgIpc) is 3.43. The number of carboxylic acid groups (broad SMARTS) is 3. The Balaban J connectivity index is 1.99. The van der Waals surface area contributed by atoms with Gasteiger partial charge >= 0.3 is 24.1 Å². The second kappa shape index (κ2) is 7.28. The summed E-state index contributed by atoms with van der Waals surface area (Å²) in [5.41, 5.74) is -3.05.